The highest BCUT2D eigenvalue weighted by Gasteiger charge is 2.21. The highest BCUT2D eigenvalue weighted by Crippen LogP contribution is 2.26. The summed E-state index contributed by atoms with van der Waals surface area (Å²) in [6.07, 6.45) is -1.61. The van der Waals surface area contributed by atoms with E-state index >= 15 is 0 Å². The number of carbonyl (C=O) groups excluding carboxylic acids is 1. The summed E-state index contributed by atoms with van der Waals surface area (Å²) in [5.41, 5.74) is 11.3. The van der Waals surface area contributed by atoms with Crippen LogP contribution in [0.4, 0.5) is 5.69 Å². The van der Waals surface area contributed by atoms with Crippen LogP contribution in [0.3, 0.4) is 0 Å². The maximum atomic E-state index is 11.9. The molecule has 6 N–H and O–H groups in total. The predicted octanol–water partition coefficient (Wildman–Crippen LogP) is -0.645. The molecule has 106 valence electrons. The molecule has 1 aromatic rings. The Morgan fingerprint density at radius 1 is 1.53 bits per heavy atom. The molecule has 1 rings (SSSR count). The van der Waals surface area contributed by atoms with Gasteiger partial charge >= 0.3 is 0 Å². The van der Waals surface area contributed by atoms with Crippen LogP contribution in [0.2, 0.25) is 5.02 Å². The molecule has 1 unspecified atom stereocenters. The topological polar surface area (TPSA) is 136 Å². The molecular weight excluding hydrogens is 294 g/mol. The van der Waals surface area contributed by atoms with E-state index in [0.717, 1.165) is 0 Å². The van der Waals surface area contributed by atoms with Crippen LogP contribution in [0.15, 0.2) is 17.0 Å². The van der Waals surface area contributed by atoms with E-state index in [-0.39, 0.29) is 15.6 Å². The molecule has 0 aliphatic carbocycles. The van der Waals surface area contributed by atoms with Gasteiger partial charge in [-0.2, -0.15) is 0 Å². The molecule has 0 aromatic heterocycles. The summed E-state index contributed by atoms with van der Waals surface area (Å²) in [6, 6.07) is 2.62. The number of hydrogen-bond acceptors (Lipinski definition) is 5. The van der Waals surface area contributed by atoms with Crippen molar-refractivity contribution < 1.29 is 18.3 Å². The van der Waals surface area contributed by atoms with Gasteiger partial charge in [-0.3, -0.25) is 4.79 Å². The number of nitrogens with one attached hydrogen (secondary N) is 1. The van der Waals surface area contributed by atoms with Crippen molar-refractivity contribution in [3.8, 4) is 0 Å². The zero-order valence-corrected chi connectivity index (χ0v) is 11.6. The highest BCUT2D eigenvalue weighted by molar-refractivity contribution is 7.89. The van der Waals surface area contributed by atoms with Crippen molar-refractivity contribution in [2.75, 3.05) is 12.3 Å². The number of carbonyl (C=O) groups is 1. The lowest BCUT2D eigenvalue weighted by Gasteiger charge is -2.12. The average Bonchev–Trinajstić information content (AvgIpc) is 2.30. The second kappa shape index (κ2) is 5.74. The van der Waals surface area contributed by atoms with Gasteiger partial charge in [0.2, 0.25) is 15.9 Å². The van der Waals surface area contributed by atoms with Crippen molar-refractivity contribution in [3.63, 3.8) is 0 Å². The molecule has 1 aromatic carbocycles. The summed E-state index contributed by atoms with van der Waals surface area (Å²) in [5, 5.41) is 9.14. The fourth-order valence-electron chi connectivity index (χ4n) is 1.24. The van der Waals surface area contributed by atoms with E-state index in [1.165, 1.54) is 12.1 Å². The van der Waals surface area contributed by atoms with Gasteiger partial charge in [-0.25, -0.2) is 13.1 Å². The molecular formula is C10H14ClN3O4S. The molecule has 0 fully saturated rings. The Labute approximate surface area is 115 Å². The third-order valence-electron chi connectivity index (χ3n) is 2.41. The van der Waals surface area contributed by atoms with Crippen molar-refractivity contribution in [2.45, 2.75) is 17.9 Å². The number of amides is 1. The highest BCUT2D eigenvalue weighted by atomic mass is 35.5. The first kappa shape index (κ1) is 15.7. The zero-order chi connectivity index (χ0) is 14.8. The van der Waals surface area contributed by atoms with E-state index in [1.54, 1.807) is 6.92 Å². The van der Waals surface area contributed by atoms with Gasteiger partial charge in [0.05, 0.1) is 5.02 Å². The number of halogens is 1. The molecule has 0 saturated carbocycles. The van der Waals surface area contributed by atoms with Gasteiger partial charge in [-0.15, -0.1) is 0 Å². The van der Waals surface area contributed by atoms with Crippen LogP contribution >= 0.6 is 11.6 Å². The Hall–Kier alpha value is -1.35. The van der Waals surface area contributed by atoms with Crippen molar-refractivity contribution >= 4 is 33.2 Å². The normalized spacial score (nSPS) is 13.2. The number of primary amides is 1. The van der Waals surface area contributed by atoms with Crippen molar-refractivity contribution in [3.05, 3.63) is 22.7 Å². The van der Waals surface area contributed by atoms with Gasteiger partial charge in [0.15, 0.2) is 0 Å². The average molecular weight is 308 g/mol. The van der Waals surface area contributed by atoms with E-state index in [2.05, 4.69) is 0 Å². The molecule has 0 radical (unpaired) electrons. The van der Waals surface area contributed by atoms with E-state index in [1.807, 2.05) is 4.72 Å². The third-order valence-corrected chi connectivity index (χ3v) is 4.29. The van der Waals surface area contributed by atoms with Crippen LogP contribution < -0.4 is 16.2 Å². The van der Waals surface area contributed by atoms with Crippen molar-refractivity contribution in [1.82, 2.24) is 4.72 Å². The zero-order valence-electron chi connectivity index (χ0n) is 10.1. The number of anilines is 1. The van der Waals surface area contributed by atoms with Crippen molar-refractivity contribution in [1.29, 1.82) is 0 Å². The minimum atomic E-state index is -3.99. The summed E-state index contributed by atoms with van der Waals surface area (Å²) < 4.78 is 25.9. The first-order valence-electron chi connectivity index (χ1n) is 5.18. The van der Waals surface area contributed by atoms with Crippen LogP contribution in [-0.4, -0.2) is 32.1 Å². The number of hydrogen-bond donors (Lipinski definition) is 4. The molecule has 9 heteroatoms. The maximum absolute atomic E-state index is 11.9. The number of benzene rings is 1. The molecule has 0 bridgehead atoms. The maximum Gasteiger partial charge on any atom is 0.247 e. The largest absolute Gasteiger partial charge is 0.398 e. The van der Waals surface area contributed by atoms with Crippen LogP contribution in [0.5, 0.6) is 0 Å². The van der Waals surface area contributed by atoms with Gasteiger partial charge in [0, 0.05) is 12.2 Å². The number of sulfonamides is 1. The molecule has 0 heterocycles. The molecule has 0 aliphatic rings. The molecule has 7 nitrogen and oxygen atoms in total. The monoisotopic (exact) mass is 307 g/mol. The second-order valence-electron chi connectivity index (χ2n) is 3.91. The molecule has 1 amide bonds. The number of aryl methyl sites for hydroxylation is 1. The lowest BCUT2D eigenvalue weighted by molar-refractivity contribution is -0.125. The summed E-state index contributed by atoms with van der Waals surface area (Å²) in [6.45, 7) is 1.14. The SMILES string of the molecule is Cc1cc(Cl)c(S(=O)(=O)NCC(O)C(N)=O)cc1N. The van der Waals surface area contributed by atoms with E-state index in [0.29, 0.717) is 5.56 Å². The minimum absolute atomic E-state index is 0.00670. The first-order chi connectivity index (χ1) is 8.65. The predicted molar refractivity (Wildman–Crippen MR) is 71.0 cm³/mol. The van der Waals surface area contributed by atoms with E-state index in [9.17, 15) is 13.2 Å². The Morgan fingerprint density at radius 2 is 2.11 bits per heavy atom. The number of rotatable bonds is 5. The van der Waals surface area contributed by atoms with Crippen LogP contribution in [0, 0.1) is 6.92 Å². The quantitative estimate of drug-likeness (QED) is 0.536. The lowest BCUT2D eigenvalue weighted by Crippen LogP contribution is -2.40. The lowest BCUT2D eigenvalue weighted by atomic mass is 10.2. The number of aliphatic hydroxyl groups excluding tert-OH is 1. The standard InChI is InChI=1S/C10H14ClN3O4S/c1-5-2-6(11)9(3-7(5)12)19(17,18)14-4-8(15)10(13)16/h2-3,8,14-15H,4,12H2,1H3,(H2,13,16). The Balaban J connectivity index is 3.01. The first-order valence-corrected chi connectivity index (χ1v) is 7.04. The van der Waals surface area contributed by atoms with Gasteiger partial charge in [-0.05, 0) is 24.6 Å². The minimum Gasteiger partial charge on any atom is -0.398 e. The summed E-state index contributed by atoms with van der Waals surface area (Å²) in [5.74, 6) is -1.03. The van der Waals surface area contributed by atoms with Crippen LogP contribution in [-0.2, 0) is 14.8 Å². The molecule has 19 heavy (non-hydrogen) atoms. The number of nitrogen functional groups attached to an aromatic ring is 1. The molecule has 0 aliphatic heterocycles. The smallest absolute Gasteiger partial charge is 0.247 e. The van der Waals surface area contributed by atoms with Gasteiger partial charge in [0.25, 0.3) is 0 Å². The Bertz CT molecular complexity index is 603. The summed E-state index contributed by atoms with van der Waals surface area (Å²) in [7, 11) is -3.99. The molecule has 0 saturated heterocycles. The van der Waals surface area contributed by atoms with E-state index < -0.39 is 28.6 Å². The number of aliphatic hydroxyl groups is 1. The Kier molecular flexibility index (Phi) is 4.75. The van der Waals surface area contributed by atoms with Crippen LogP contribution in [0.25, 0.3) is 0 Å². The molecule has 1 atom stereocenters. The van der Waals surface area contributed by atoms with Crippen molar-refractivity contribution in [2.24, 2.45) is 5.73 Å². The fourth-order valence-corrected chi connectivity index (χ4v) is 2.89. The summed E-state index contributed by atoms with van der Waals surface area (Å²) >= 11 is 5.84. The van der Waals surface area contributed by atoms with Gasteiger partial charge in [-0.1, -0.05) is 11.6 Å². The second-order valence-corrected chi connectivity index (χ2v) is 6.05. The summed E-state index contributed by atoms with van der Waals surface area (Å²) in [4.78, 5) is 10.4. The van der Waals surface area contributed by atoms with Gasteiger partial charge < -0.3 is 16.6 Å². The van der Waals surface area contributed by atoms with Crippen LogP contribution in [0.1, 0.15) is 5.56 Å². The van der Waals surface area contributed by atoms with E-state index in [4.69, 9.17) is 28.2 Å². The fraction of sp³-hybridized carbons (Fsp3) is 0.300. The Morgan fingerprint density at radius 3 is 2.63 bits per heavy atom. The number of nitrogens with two attached hydrogens (primary N) is 2. The third kappa shape index (κ3) is 3.80. The molecule has 0 spiro atoms. The van der Waals surface area contributed by atoms with Gasteiger partial charge in [0.1, 0.15) is 11.0 Å².